The van der Waals surface area contributed by atoms with E-state index < -0.39 is 5.09 Å². The molecule has 42 heavy (non-hydrogen) atoms. The molecule has 1 unspecified atom stereocenters. The van der Waals surface area contributed by atoms with Crippen molar-refractivity contribution in [3.8, 4) is 5.75 Å². The van der Waals surface area contributed by atoms with Crippen LogP contribution in [0.3, 0.4) is 0 Å². The van der Waals surface area contributed by atoms with E-state index in [9.17, 15) is 14.9 Å². The Morgan fingerprint density at radius 1 is 0.833 bits per heavy atom. The molecule has 0 amide bonds. The van der Waals surface area contributed by atoms with Crippen LogP contribution in [0.4, 0.5) is 0 Å². The summed E-state index contributed by atoms with van der Waals surface area (Å²) < 4.78 is 4.59. The third-order valence-electron chi connectivity index (χ3n) is 6.13. The van der Waals surface area contributed by atoms with E-state index in [1.807, 2.05) is 27.7 Å². The smallest absolute Gasteiger partial charge is 0.298 e. The van der Waals surface area contributed by atoms with Gasteiger partial charge in [0.25, 0.3) is 11.6 Å². The van der Waals surface area contributed by atoms with Gasteiger partial charge in [-0.3, -0.25) is 4.79 Å². The average Bonchev–Trinajstić information content (AvgIpc) is 3.03. The highest BCUT2D eigenvalue weighted by molar-refractivity contribution is 5.47. The number of aryl methyl sites for hydroxylation is 1. The van der Waals surface area contributed by atoms with Crippen LogP contribution in [-0.2, 0) is 22.7 Å². The van der Waals surface area contributed by atoms with Crippen molar-refractivity contribution in [1.82, 2.24) is 0 Å². The van der Waals surface area contributed by atoms with Crippen LogP contribution in [0.2, 0.25) is 0 Å². The fourth-order valence-corrected chi connectivity index (χ4v) is 3.95. The first-order valence-corrected chi connectivity index (χ1v) is 16.1. The lowest BCUT2D eigenvalue weighted by molar-refractivity contribution is -0.763. The number of ether oxygens (including phenoxy) is 1. The monoisotopic (exact) mass is 587 g/mol. The molecule has 0 saturated carbocycles. The first kappa shape index (κ1) is 43.3. The summed E-state index contributed by atoms with van der Waals surface area (Å²) in [6, 6.07) is 17.3. The fourth-order valence-electron chi connectivity index (χ4n) is 3.95. The van der Waals surface area contributed by atoms with Gasteiger partial charge in [0.05, 0.1) is 0 Å². The summed E-state index contributed by atoms with van der Waals surface area (Å²) >= 11 is 0. The Bertz CT molecular complexity index is 855. The number of hydrogen-bond donors (Lipinski definition) is 0. The van der Waals surface area contributed by atoms with Crippen molar-refractivity contribution in [1.29, 1.82) is 0 Å². The Morgan fingerprint density at radius 2 is 1.48 bits per heavy atom. The molecule has 1 atom stereocenters. The average molecular weight is 588 g/mol. The Kier molecular flexibility index (Phi) is 37.0. The maximum Gasteiger partial charge on any atom is 0.298 e. The quantitative estimate of drug-likeness (QED) is 0.0604. The third-order valence-corrected chi connectivity index (χ3v) is 6.13. The number of carbonyl (C=O) groups excluding carboxylic acids is 1. The highest BCUT2D eigenvalue weighted by atomic mass is 16.9. The van der Waals surface area contributed by atoms with E-state index in [1.165, 1.54) is 82.3 Å². The number of benzene rings is 2. The summed E-state index contributed by atoms with van der Waals surface area (Å²) in [6.07, 6.45) is 19.2. The third kappa shape index (κ3) is 28.4. The van der Waals surface area contributed by atoms with Gasteiger partial charge in [-0.1, -0.05) is 161 Å². The lowest BCUT2D eigenvalue weighted by atomic mass is 9.93. The van der Waals surface area contributed by atoms with Crippen molar-refractivity contribution in [3.63, 3.8) is 0 Å². The Labute approximate surface area is 258 Å². The number of rotatable bonds is 17. The molecule has 2 aromatic rings. The Morgan fingerprint density at radius 3 is 2.02 bits per heavy atom. The highest BCUT2D eigenvalue weighted by Crippen LogP contribution is 2.19. The number of para-hydroxylation sites is 1. The molecule has 0 N–H and O–H groups in total. The SMILES string of the molecule is C/C=C\CCCC.CC.CC.CCCC(CC)CCCCCc1ccccc1.O=COc1ccccc1CO[N+](=O)[O-]. The van der Waals surface area contributed by atoms with Crippen LogP contribution in [-0.4, -0.2) is 11.6 Å². The van der Waals surface area contributed by atoms with E-state index in [1.54, 1.807) is 18.2 Å². The second kappa shape index (κ2) is 35.9. The summed E-state index contributed by atoms with van der Waals surface area (Å²) in [6.45, 7) is 16.9. The maximum absolute atomic E-state index is 10.1. The zero-order valence-electron chi connectivity index (χ0n) is 28.0. The first-order chi connectivity index (χ1) is 20.5. The van der Waals surface area contributed by atoms with Crippen LogP contribution in [0.1, 0.15) is 131 Å². The lowest BCUT2D eigenvalue weighted by Crippen LogP contribution is -2.02. The first-order valence-electron chi connectivity index (χ1n) is 16.1. The van der Waals surface area contributed by atoms with Crippen LogP contribution in [0.5, 0.6) is 5.75 Å². The van der Waals surface area contributed by atoms with E-state index in [2.05, 4.69) is 79.8 Å². The van der Waals surface area contributed by atoms with E-state index in [-0.39, 0.29) is 18.8 Å². The Hall–Kier alpha value is -3.15. The van der Waals surface area contributed by atoms with Gasteiger partial charge < -0.3 is 9.57 Å². The molecule has 0 aliphatic carbocycles. The topological polar surface area (TPSA) is 78.7 Å². The summed E-state index contributed by atoms with van der Waals surface area (Å²) in [5.41, 5.74) is 1.93. The second-order valence-electron chi connectivity index (χ2n) is 9.18. The van der Waals surface area contributed by atoms with Gasteiger partial charge in [-0.25, -0.2) is 0 Å². The molecule has 6 heteroatoms. The van der Waals surface area contributed by atoms with E-state index in [0.29, 0.717) is 5.56 Å². The molecular weight excluding hydrogens is 526 g/mol. The number of nitrogens with zero attached hydrogens (tertiary/aromatic N) is 1. The highest BCUT2D eigenvalue weighted by Gasteiger charge is 2.05. The number of allylic oxidation sites excluding steroid dienone is 2. The Balaban J connectivity index is -0.000000547. The number of unbranched alkanes of at least 4 members (excludes halogenated alkanes) is 4. The van der Waals surface area contributed by atoms with Gasteiger partial charge in [-0.05, 0) is 43.7 Å². The minimum atomic E-state index is -0.905. The number of hydrogen-bond acceptors (Lipinski definition) is 5. The molecule has 0 aliphatic heterocycles. The summed E-state index contributed by atoms with van der Waals surface area (Å²) in [4.78, 5) is 24.1. The molecule has 0 bridgehead atoms. The predicted molar refractivity (Wildman–Crippen MR) is 179 cm³/mol. The molecule has 6 nitrogen and oxygen atoms in total. The van der Waals surface area contributed by atoms with Gasteiger partial charge in [-0.15, -0.1) is 10.1 Å². The van der Waals surface area contributed by atoms with Crippen LogP contribution in [0.15, 0.2) is 66.7 Å². The minimum Gasteiger partial charge on any atom is -0.428 e. The molecule has 2 rings (SSSR count). The predicted octanol–water partition coefficient (Wildman–Crippen LogP) is 11.4. The summed E-state index contributed by atoms with van der Waals surface area (Å²) in [5, 5.41) is 9.01. The van der Waals surface area contributed by atoms with Crippen molar-refractivity contribution < 1.29 is 19.5 Å². The fraction of sp³-hybridized carbons (Fsp3) is 0.583. The van der Waals surface area contributed by atoms with Crippen LogP contribution in [0.25, 0.3) is 0 Å². The summed E-state index contributed by atoms with van der Waals surface area (Å²) in [7, 11) is 0. The van der Waals surface area contributed by atoms with Crippen molar-refractivity contribution >= 4 is 6.47 Å². The van der Waals surface area contributed by atoms with Crippen LogP contribution < -0.4 is 4.74 Å². The van der Waals surface area contributed by atoms with E-state index in [4.69, 9.17) is 0 Å². The molecule has 0 radical (unpaired) electrons. The molecule has 2 aromatic carbocycles. The largest absolute Gasteiger partial charge is 0.428 e. The van der Waals surface area contributed by atoms with Gasteiger partial charge in [-0.2, -0.15) is 0 Å². The second-order valence-corrected chi connectivity index (χ2v) is 9.18. The molecule has 240 valence electrons. The van der Waals surface area contributed by atoms with Gasteiger partial charge in [0.1, 0.15) is 12.4 Å². The summed E-state index contributed by atoms with van der Waals surface area (Å²) in [5.74, 6) is 1.24. The lowest BCUT2D eigenvalue weighted by Gasteiger charge is -2.13. The maximum atomic E-state index is 10.1. The van der Waals surface area contributed by atoms with E-state index >= 15 is 0 Å². The van der Waals surface area contributed by atoms with E-state index in [0.717, 1.165) is 5.92 Å². The zero-order valence-corrected chi connectivity index (χ0v) is 28.0. The molecule has 0 aromatic heterocycles. The molecule has 0 aliphatic rings. The molecule has 0 fully saturated rings. The van der Waals surface area contributed by atoms with Gasteiger partial charge in [0.2, 0.25) is 0 Å². The van der Waals surface area contributed by atoms with Crippen LogP contribution >= 0.6 is 0 Å². The molecule has 0 heterocycles. The standard InChI is InChI=1S/C17H28.C8H7NO5.C7H14.2C2H6/c1-3-11-16(4-2)12-7-5-8-13-17-14-9-6-10-15-17;10-6-13-8-4-2-1-3-7(8)5-14-9(11)12;1-3-5-7-6-4-2;2*1-2/h6,9-10,14-16H,3-5,7-8,11-13H2,1-2H3;1-4,6H,5H2;3,5H,4,6-7H2,1-2H3;2*1-2H3/b;;5-3-;;. The molecular formula is C36H61NO5. The van der Waals surface area contributed by atoms with Crippen molar-refractivity contribution in [2.24, 2.45) is 5.92 Å². The van der Waals surface area contributed by atoms with Crippen molar-refractivity contribution in [2.75, 3.05) is 0 Å². The molecule has 0 spiro atoms. The van der Waals surface area contributed by atoms with Gasteiger partial charge in [0.15, 0.2) is 0 Å². The zero-order chi connectivity index (χ0) is 32.3. The van der Waals surface area contributed by atoms with Crippen molar-refractivity contribution in [3.05, 3.63) is 88.0 Å². The minimum absolute atomic E-state index is 0.239. The number of carbonyl (C=O) groups is 1. The van der Waals surface area contributed by atoms with Gasteiger partial charge >= 0.3 is 0 Å². The normalized spacial score (nSPS) is 10.2. The van der Waals surface area contributed by atoms with Gasteiger partial charge in [0, 0.05) is 5.56 Å². The van der Waals surface area contributed by atoms with Crippen molar-refractivity contribution in [2.45, 2.75) is 133 Å². The molecule has 0 saturated heterocycles. The van der Waals surface area contributed by atoms with Crippen LogP contribution in [0, 0.1) is 16.0 Å².